The van der Waals surface area contributed by atoms with Gasteiger partial charge in [-0.25, -0.2) is 8.42 Å². The molecule has 0 aliphatic carbocycles. The number of halogens is 1. The van der Waals surface area contributed by atoms with E-state index in [1.54, 1.807) is 24.3 Å². The van der Waals surface area contributed by atoms with Crippen molar-refractivity contribution in [3.05, 3.63) is 57.7 Å². The largest absolute Gasteiger partial charge is 0.492 e. The molecule has 6 nitrogen and oxygen atoms in total. The summed E-state index contributed by atoms with van der Waals surface area (Å²) >= 11 is 2.13. The Bertz CT molecular complexity index is 854. The summed E-state index contributed by atoms with van der Waals surface area (Å²) in [7, 11) is -3.57. The smallest absolute Gasteiger partial charge is 0.240 e. The Kier molecular flexibility index (Phi) is 7.27. The molecule has 0 heterocycles. The van der Waals surface area contributed by atoms with Gasteiger partial charge in [0.2, 0.25) is 15.9 Å². The van der Waals surface area contributed by atoms with Gasteiger partial charge < -0.3 is 10.1 Å². The van der Waals surface area contributed by atoms with Crippen LogP contribution in [-0.4, -0.2) is 40.3 Å². The van der Waals surface area contributed by atoms with Crippen LogP contribution in [-0.2, 0) is 14.8 Å². The zero-order valence-electron chi connectivity index (χ0n) is 14.6. The molecule has 26 heavy (non-hydrogen) atoms. The number of hydrogen-bond donors (Lipinski definition) is 1. The van der Waals surface area contributed by atoms with Gasteiger partial charge >= 0.3 is 0 Å². The van der Waals surface area contributed by atoms with Gasteiger partial charge in [0.05, 0.1) is 18.5 Å². The molecule has 0 aliphatic rings. The first-order chi connectivity index (χ1) is 12.3. The second-order valence-electron chi connectivity index (χ2n) is 5.76. The van der Waals surface area contributed by atoms with Gasteiger partial charge in [0.25, 0.3) is 0 Å². The summed E-state index contributed by atoms with van der Waals surface area (Å²) in [5.74, 6) is 0.345. The normalized spacial score (nSPS) is 11.0. The van der Waals surface area contributed by atoms with E-state index in [4.69, 9.17) is 4.74 Å². The first kappa shape index (κ1) is 20.5. The molecule has 0 saturated carbocycles. The second-order valence-corrected chi connectivity index (χ2v) is 8.91. The Morgan fingerprint density at radius 3 is 2.50 bits per heavy atom. The molecule has 1 amide bonds. The number of hydrogen-bond acceptors (Lipinski definition) is 4. The number of amides is 1. The topological polar surface area (TPSA) is 75.7 Å². The van der Waals surface area contributed by atoms with Crippen LogP contribution in [0.25, 0.3) is 0 Å². The van der Waals surface area contributed by atoms with Gasteiger partial charge in [-0.05, 0) is 71.5 Å². The Labute approximate surface area is 167 Å². The van der Waals surface area contributed by atoms with Crippen LogP contribution in [0.1, 0.15) is 5.56 Å². The summed E-state index contributed by atoms with van der Waals surface area (Å²) in [6.07, 6.45) is 1.08. The Balaban J connectivity index is 1.88. The van der Waals surface area contributed by atoms with Crippen molar-refractivity contribution in [1.82, 2.24) is 5.32 Å². The molecule has 0 fully saturated rings. The highest BCUT2D eigenvalue weighted by atomic mass is 127. The minimum Gasteiger partial charge on any atom is -0.492 e. The highest BCUT2D eigenvalue weighted by molar-refractivity contribution is 14.1. The number of rotatable bonds is 8. The maximum absolute atomic E-state index is 12.1. The fourth-order valence-corrected chi connectivity index (χ4v) is 3.47. The molecule has 0 atom stereocenters. The lowest BCUT2D eigenvalue weighted by Gasteiger charge is -2.22. The van der Waals surface area contributed by atoms with Crippen LogP contribution in [0.5, 0.6) is 5.75 Å². The van der Waals surface area contributed by atoms with Crippen LogP contribution in [0.15, 0.2) is 48.5 Å². The van der Waals surface area contributed by atoms with E-state index in [1.807, 2.05) is 31.2 Å². The van der Waals surface area contributed by atoms with Gasteiger partial charge in [-0.3, -0.25) is 9.10 Å². The summed E-state index contributed by atoms with van der Waals surface area (Å²) in [5, 5.41) is 2.68. The molecule has 2 aromatic carbocycles. The summed E-state index contributed by atoms with van der Waals surface area (Å²) in [4.78, 5) is 12.1. The van der Waals surface area contributed by atoms with Crippen LogP contribution in [0.3, 0.4) is 0 Å². The molecule has 2 rings (SSSR count). The highest BCUT2D eigenvalue weighted by Gasteiger charge is 2.20. The number of ether oxygens (including phenoxy) is 1. The summed E-state index contributed by atoms with van der Waals surface area (Å²) in [6.45, 7) is 2.29. The lowest BCUT2D eigenvalue weighted by molar-refractivity contribution is -0.119. The SMILES string of the molecule is Cc1cccc(OCCNC(=O)CN(c2ccc(I)cc2)S(C)(=O)=O)c1. The van der Waals surface area contributed by atoms with Crippen molar-refractivity contribution >= 4 is 44.2 Å². The van der Waals surface area contributed by atoms with E-state index in [2.05, 4.69) is 27.9 Å². The highest BCUT2D eigenvalue weighted by Crippen LogP contribution is 2.18. The third kappa shape index (κ3) is 6.49. The van der Waals surface area contributed by atoms with E-state index in [1.165, 1.54) is 0 Å². The predicted molar refractivity (Wildman–Crippen MR) is 111 cm³/mol. The Morgan fingerprint density at radius 2 is 1.88 bits per heavy atom. The lowest BCUT2D eigenvalue weighted by atomic mass is 10.2. The fourth-order valence-electron chi connectivity index (χ4n) is 2.26. The first-order valence-corrected chi connectivity index (χ1v) is 10.9. The molecule has 0 spiro atoms. The Hall–Kier alpha value is -1.81. The van der Waals surface area contributed by atoms with Gasteiger partial charge in [-0.2, -0.15) is 0 Å². The minimum absolute atomic E-state index is 0.274. The van der Waals surface area contributed by atoms with Crippen LogP contribution in [0, 0.1) is 10.5 Å². The predicted octanol–water partition coefficient (Wildman–Crippen LogP) is 2.56. The number of carbonyl (C=O) groups is 1. The third-order valence-corrected chi connectivity index (χ3v) is 5.34. The summed E-state index contributed by atoms with van der Waals surface area (Å²) in [5.41, 5.74) is 1.55. The first-order valence-electron chi connectivity index (χ1n) is 7.95. The van der Waals surface area contributed by atoms with E-state index in [0.717, 1.165) is 25.4 Å². The van der Waals surface area contributed by atoms with Gasteiger partial charge in [-0.1, -0.05) is 12.1 Å². The average molecular weight is 488 g/mol. The number of anilines is 1. The van der Waals surface area contributed by atoms with Gasteiger partial charge in [0, 0.05) is 3.57 Å². The van der Waals surface area contributed by atoms with Crippen molar-refractivity contribution in [3.8, 4) is 5.75 Å². The third-order valence-electron chi connectivity index (χ3n) is 3.48. The quantitative estimate of drug-likeness (QED) is 0.458. The van der Waals surface area contributed by atoms with E-state index >= 15 is 0 Å². The monoisotopic (exact) mass is 488 g/mol. The fraction of sp³-hybridized carbons (Fsp3) is 0.278. The number of nitrogens with zero attached hydrogens (tertiary/aromatic N) is 1. The molecule has 2 aromatic rings. The maximum atomic E-state index is 12.1. The van der Waals surface area contributed by atoms with E-state index in [9.17, 15) is 13.2 Å². The molecule has 0 aliphatic heterocycles. The number of benzene rings is 2. The molecular weight excluding hydrogens is 467 g/mol. The molecular formula is C18H21IN2O4S. The van der Waals surface area contributed by atoms with E-state index in [0.29, 0.717) is 12.3 Å². The van der Waals surface area contributed by atoms with Crippen molar-refractivity contribution in [2.75, 3.05) is 30.3 Å². The standard InChI is InChI=1S/C18H21IN2O4S/c1-14-4-3-5-17(12-14)25-11-10-20-18(22)13-21(26(2,23)24)16-8-6-15(19)7-9-16/h3-9,12H,10-11,13H2,1-2H3,(H,20,22). The number of sulfonamides is 1. The van der Waals surface area contributed by atoms with Crippen LogP contribution < -0.4 is 14.4 Å². The molecule has 0 unspecified atom stereocenters. The molecule has 0 radical (unpaired) electrons. The van der Waals surface area contributed by atoms with Gasteiger partial charge in [0.15, 0.2) is 0 Å². The molecule has 0 saturated heterocycles. The lowest BCUT2D eigenvalue weighted by Crippen LogP contribution is -2.41. The number of carbonyl (C=O) groups excluding carboxylic acids is 1. The van der Waals surface area contributed by atoms with Crippen molar-refractivity contribution in [3.63, 3.8) is 0 Å². The zero-order valence-corrected chi connectivity index (χ0v) is 17.6. The number of nitrogens with one attached hydrogen (secondary N) is 1. The van der Waals surface area contributed by atoms with Crippen molar-refractivity contribution < 1.29 is 17.9 Å². The molecule has 8 heteroatoms. The average Bonchev–Trinajstić information content (AvgIpc) is 2.57. The van der Waals surface area contributed by atoms with Gasteiger partial charge in [0.1, 0.15) is 18.9 Å². The Morgan fingerprint density at radius 1 is 1.19 bits per heavy atom. The number of aryl methyl sites for hydroxylation is 1. The van der Waals surface area contributed by atoms with Crippen LogP contribution in [0.4, 0.5) is 5.69 Å². The molecule has 140 valence electrons. The van der Waals surface area contributed by atoms with E-state index < -0.39 is 10.0 Å². The van der Waals surface area contributed by atoms with Crippen molar-refractivity contribution in [2.45, 2.75) is 6.92 Å². The molecule has 0 bridgehead atoms. The van der Waals surface area contributed by atoms with Crippen LogP contribution >= 0.6 is 22.6 Å². The maximum Gasteiger partial charge on any atom is 0.240 e. The zero-order chi connectivity index (χ0) is 19.2. The van der Waals surface area contributed by atoms with Crippen molar-refractivity contribution in [2.24, 2.45) is 0 Å². The summed E-state index contributed by atoms with van der Waals surface area (Å²) in [6, 6.07) is 14.6. The minimum atomic E-state index is -3.57. The van der Waals surface area contributed by atoms with Gasteiger partial charge in [-0.15, -0.1) is 0 Å². The molecule has 0 aromatic heterocycles. The van der Waals surface area contributed by atoms with Crippen LogP contribution in [0.2, 0.25) is 0 Å². The molecule has 1 N–H and O–H groups in total. The van der Waals surface area contributed by atoms with E-state index in [-0.39, 0.29) is 19.0 Å². The van der Waals surface area contributed by atoms with Crippen molar-refractivity contribution in [1.29, 1.82) is 0 Å². The summed E-state index contributed by atoms with van der Waals surface area (Å²) < 4.78 is 31.7. The second kappa shape index (κ2) is 9.22.